The van der Waals surface area contributed by atoms with Crippen molar-refractivity contribution in [2.24, 2.45) is 0 Å². The van der Waals surface area contributed by atoms with Crippen LogP contribution in [0.1, 0.15) is 36.9 Å². The van der Waals surface area contributed by atoms with Gasteiger partial charge in [-0.3, -0.25) is 19.3 Å². The standard InChI is InChI=1S/C22H23N3O4/c1-2-9-18(17-12-7-4-8-13-17)23-19(26)15-25-21(28)20(27)24(22(25)29)14-16-10-5-3-6-11-16/h3-8,10-13,18H,2,9,14-15H2,1H3,(H,23,26)/t18-/m0/s1. The minimum Gasteiger partial charge on any atom is -0.348 e. The number of rotatable bonds is 8. The molecule has 0 aliphatic carbocycles. The Morgan fingerprint density at radius 3 is 2.10 bits per heavy atom. The Labute approximate surface area is 169 Å². The molecule has 0 spiro atoms. The predicted octanol–water partition coefficient (Wildman–Crippen LogP) is 2.64. The van der Waals surface area contributed by atoms with Crippen molar-refractivity contribution in [2.45, 2.75) is 32.4 Å². The Bertz CT molecular complexity index is 899. The number of imide groups is 2. The topological polar surface area (TPSA) is 86.8 Å². The molecule has 0 unspecified atom stereocenters. The van der Waals surface area contributed by atoms with Crippen molar-refractivity contribution in [1.82, 2.24) is 15.1 Å². The van der Waals surface area contributed by atoms with Crippen LogP contribution in [-0.2, 0) is 20.9 Å². The van der Waals surface area contributed by atoms with E-state index >= 15 is 0 Å². The lowest BCUT2D eigenvalue weighted by atomic mass is 10.0. The molecule has 0 aromatic heterocycles. The van der Waals surface area contributed by atoms with E-state index in [0.29, 0.717) is 4.90 Å². The molecule has 1 aliphatic heterocycles. The number of hydrogen-bond acceptors (Lipinski definition) is 4. The minimum absolute atomic E-state index is 0.00909. The lowest BCUT2D eigenvalue weighted by molar-refractivity contribution is -0.144. The fraction of sp³-hybridized carbons (Fsp3) is 0.273. The number of carbonyl (C=O) groups is 4. The monoisotopic (exact) mass is 393 g/mol. The first-order chi connectivity index (χ1) is 14.0. The maximum Gasteiger partial charge on any atom is 0.335 e. The molecule has 3 rings (SSSR count). The van der Waals surface area contributed by atoms with Gasteiger partial charge in [-0.1, -0.05) is 74.0 Å². The summed E-state index contributed by atoms with van der Waals surface area (Å²) in [7, 11) is 0. The van der Waals surface area contributed by atoms with E-state index in [4.69, 9.17) is 0 Å². The van der Waals surface area contributed by atoms with Gasteiger partial charge in [-0.05, 0) is 17.5 Å². The highest BCUT2D eigenvalue weighted by molar-refractivity contribution is 6.44. The minimum atomic E-state index is -0.979. The van der Waals surface area contributed by atoms with Crippen LogP contribution in [0.4, 0.5) is 4.79 Å². The van der Waals surface area contributed by atoms with Crippen LogP contribution in [-0.4, -0.2) is 40.1 Å². The first-order valence-corrected chi connectivity index (χ1v) is 9.56. The summed E-state index contributed by atoms with van der Waals surface area (Å²) in [4.78, 5) is 51.2. The van der Waals surface area contributed by atoms with Gasteiger partial charge in [0.05, 0.1) is 12.6 Å². The molecule has 1 saturated heterocycles. The second-order valence-electron chi connectivity index (χ2n) is 6.87. The van der Waals surface area contributed by atoms with Gasteiger partial charge >= 0.3 is 17.8 Å². The maximum atomic E-state index is 12.6. The smallest absolute Gasteiger partial charge is 0.335 e. The summed E-state index contributed by atoms with van der Waals surface area (Å²) in [6.07, 6.45) is 1.57. The molecule has 0 radical (unpaired) electrons. The summed E-state index contributed by atoms with van der Waals surface area (Å²) >= 11 is 0. The number of nitrogens with zero attached hydrogens (tertiary/aromatic N) is 2. The summed E-state index contributed by atoms with van der Waals surface area (Å²) in [5, 5.41) is 2.87. The van der Waals surface area contributed by atoms with Gasteiger partial charge in [0, 0.05) is 0 Å². The maximum absolute atomic E-state index is 12.6. The van der Waals surface area contributed by atoms with Crippen LogP contribution < -0.4 is 5.32 Å². The van der Waals surface area contributed by atoms with Gasteiger partial charge in [0.25, 0.3) is 0 Å². The number of amides is 5. The van der Waals surface area contributed by atoms with E-state index in [1.165, 1.54) is 0 Å². The zero-order valence-corrected chi connectivity index (χ0v) is 16.2. The molecule has 0 bridgehead atoms. The average molecular weight is 393 g/mol. The van der Waals surface area contributed by atoms with Crippen molar-refractivity contribution in [1.29, 1.82) is 0 Å². The second kappa shape index (κ2) is 9.14. The van der Waals surface area contributed by atoms with E-state index in [1.54, 1.807) is 24.3 Å². The van der Waals surface area contributed by atoms with Gasteiger partial charge in [-0.2, -0.15) is 0 Å². The highest BCUT2D eigenvalue weighted by Gasteiger charge is 2.45. The van der Waals surface area contributed by atoms with Gasteiger partial charge in [0.2, 0.25) is 5.91 Å². The van der Waals surface area contributed by atoms with E-state index in [1.807, 2.05) is 43.3 Å². The summed E-state index contributed by atoms with van der Waals surface area (Å²) in [5.41, 5.74) is 1.67. The number of urea groups is 1. The van der Waals surface area contributed by atoms with Crippen molar-refractivity contribution < 1.29 is 19.2 Å². The largest absolute Gasteiger partial charge is 0.348 e. The Morgan fingerprint density at radius 2 is 1.48 bits per heavy atom. The zero-order valence-electron chi connectivity index (χ0n) is 16.2. The van der Waals surface area contributed by atoms with Crippen LogP contribution in [0.2, 0.25) is 0 Å². The van der Waals surface area contributed by atoms with Crippen molar-refractivity contribution in [2.75, 3.05) is 6.54 Å². The van der Waals surface area contributed by atoms with Gasteiger partial charge in [0.15, 0.2) is 0 Å². The molecule has 5 amide bonds. The summed E-state index contributed by atoms with van der Waals surface area (Å²) < 4.78 is 0. The molecular weight excluding hydrogens is 370 g/mol. The number of carbonyl (C=O) groups excluding carboxylic acids is 4. The fourth-order valence-corrected chi connectivity index (χ4v) is 3.27. The van der Waals surface area contributed by atoms with Crippen molar-refractivity contribution in [3.63, 3.8) is 0 Å². The van der Waals surface area contributed by atoms with Crippen molar-refractivity contribution in [3.05, 3.63) is 71.8 Å². The highest BCUT2D eigenvalue weighted by Crippen LogP contribution is 2.19. The third-order valence-corrected chi connectivity index (χ3v) is 4.73. The van der Waals surface area contributed by atoms with Gasteiger partial charge < -0.3 is 5.32 Å². The normalized spacial score (nSPS) is 15.0. The Morgan fingerprint density at radius 1 is 0.897 bits per heavy atom. The van der Waals surface area contributed by atoms with E-state index in [2.05, 4.69) is 5.32 Å². The Hall–Kier alpha value is -3.48. The quantitative estimate of drug-likeness (QED) is 0.552. The van der Waals surface area contributed by atoms with Crippen molar-refractivity contribution >= 4 is 23.8 Å². The SMILES string of the molecule is CCC[C@H](NC(=O)CN1C(=O)C(=O)N(Cc2ccccc2)C1=O)c1ccccc1. The third-order valence-electron chi connectivity index (χ3n) is 4.73. The Balaban J connectivity index is 1.67. The van der Waals surface area contributed by atoms with Gasteiger partial charge in [0.1, 0.15) is 6.54 Å². The number of nitrogens with one attached hydrogen (secondary N) is 1. The average Bonchev–Trinajstić information content (AvgIpc) is 2.93. The first kappa shape index (κ1) is 20.3. The van der Waals surface area contributed by atoms with Crippen LogP contribution in [0.5, 0.6) is 0 Å². The van der Waals surface area contributed by atoms with E-state index < -0.39 is 30.3 Å². The molecule has 2 aromatic carbocycles. The van der Waals surface area contributed by atoms with Crippen LogP contribution in [0.3, 0.4) is 0 Å². The lowest BCUT2D eigenvalue weighted by Crippen LogP contribution is -2.42. The van der Waals surface area contributed by atoms with E-state index in [9.17, 15) is 19.2 Å². The molecule has 1 heterocycles. The molecule has 150 valence electrons. The zero-order chi connectivity index (χ0) is 20.8. The van der Waals surface area contributed by atoms with E-state index in [-0.39, 0.29) is 12.6 Å². The van der Waals surface area contributed by atoms with Crippen LogP contribution >= 0.6 is 0 Å². The predicted molar refractivity (Wildman–Crippen MR) is 106 cm³/mol. The van der Waals surface area contributed by atoms with Crippen LogP contribution in [0.25, 0.3) is 0 Å². The van der Waals surface area contributed by atoms with Gasteiger partial charge in [-0.15, -0.1) is 0 Å². The summed E-state index contributed by atoms with van der Waals surface area (Å²) in [5.74, 6) is -2.38. The van der Waals surface area contributed by atoms with Gasteiger partial charge in [-0.25, -0.2) is 9.69 Å². The van der Waals surface area contributed by atoms with Crippen LogP contribution in [0, 0.1) is 0 Å². The van der Waals surface area contributed by atoms with E-state index in [0.717, 1.165) is 28.9 Å². The molecule has 29 heavy (non-hydrogen) atoms. The Kier molecular flexibility index (Phi) is 6.39. The second-order valence-corrected chi connectivity index (χ2v) is 6.87. The third kappa shape index (κ3) is 4.68. The summed E-state index contributed by atoms with van der Waals surface area (Å²) in [6.45, 7) is 1.52. The molecule has 1 fully saturated rings. The molecule has 7 heteroatoms. The molecule has 1 aliphatic rings. The van der Waals surface area contributed by atoms with Crippen molar-refractivity contribution in [3.8, 4) is 0 Å². The molecule has 1 atom stereocenters. The molecule has 0 saturated carbocycles. The first-order valence-electron chi connectivity index (χ1n) is 9.56. The number of hydrogen-bond donors (Lipinski definition) is 1. The number of benzene rings is 2. The lowest BCUT2D eigenvalue weighted by Gasteiger charge is -2.20. The highest BCUT2D eigenvalue weighted by atomic mass is 16.2. The molecule has 2 aromatic rings. The fourth-order valence-electron chi connectivity index (χ4n) is 3.27. The molecule has 1 N–H and O–H groups in total. The van der Waals surface area contributed by atoms with Crippen LogP contribution in [0.15, 0.2) is 60.7 Å². The molecule has 7 nitrogen and oxygen atoms in total. The molecular formula is C22H23N3O4. The summed E-state index contributed by atoms with van der Waals surface area (Å²) in [6, 6.07) is 17.4.